The maximum atomic E-state index is 9.97. The van der Waals surface area contributed by atoms with Crippen molar-refractivity contribution in [3.63, 3.8) is 0 Å². The molecule has 164 valence electrons. The predicted molar refractivity (Wildman–Crippen MR) is 137 cm³/mol. The number of aromatic nitrogens is 2. The second-order valence-corrected chi connectivity index (χ2v) is 10.9. The molecule has 3 heteroatoms. The zero-order valence-corrected chi connectivity index (χ0v) is 19.6. The topological polar surface area (TPSA) is 32.1 Å². The Kier molecular flexibility index (Phi) is 3.46. The number of hydrogen-bond donors (Lipinski definition) is 0. The summed E-state index contributed by atoms with van der Waals surface area (Å²) in [5.41, 5.74) is 8.52. The Labute approximate surface area is 198 Å². The van der Waals surface area contributed by atoms with Crippen LogP contribution in [0.2, 0.25) is 0 Å². The molecule has 0 saturated heterocycles. The SMILES string of the molecule is Cc1ccc2c3c(C#N)cccc3n3c4cc(C5CC6CCC5C6)cc5cc[n+](C)c(c1c23)c54. The molecule has 2 saturated carbocycles. The molecule has 8 rings (SSSR count). The van der Waals surface area contributed by atoms with Gasteiger partial charge in [-0.15, -0.1) is 0 Å². The Morgan fingerprint density at radius 1 is 0.971 bits per heavy atom. The van der Waals surface area contributed by atoms with Crippen molar-refractivity contribution in [1.82, 2.24) is 4.40 Å². The van der Waals surface area contributed by atoms with Crippen molar-refractivity contribution in [2.75, 3.05) is 0 Å². The third-order valence-electron chi connectivity index (χ3n) is 9.16. The van der Waals surface area contributed by atoms with Crippen molar-refractivity contribution in [1.29, 1.82) is 5.26 Å². The van der Waals surface area contributed by atoms with Crippen LogP contribution in [0.3, 0.4) is 0 Å². The highest BCUT2D eigenvalue weighted by atomic mass is 15.0. The van der Waals surface area contributed by atoms with E-state index in [9.17, 15) is 5.26 Å². The lowest BCUT2D eigenvalue weighted by Crippen LogP contribution is -2.29. The molecule has 0 amide bonds. The molecular formula is C31H26N3+. The molecule has 6 aromatic rings. The van der Waals surface area contributed by atoms with Crippen molar-refractivity contribution >= 4 is 49.0 Å². The summed E-state index contributed by atoms with van der Waals surface area (Å²) in [5, 5.41) is 16.2. The Bertz CT molecular complexity index is 1870. The van der Waals surface area contributed by atoms with Gasteiger partial charge in [0.15, 0.2) is 6.20 Å². The minimum absolute atomic E-state index is 0.683. The van der Waals surface area contributed by atoms with Crippen LogP contribution in [0.4, 0.5) is 0 Å². The maximum Gasteiger partial charge on any atom is 0.224 e. The van der Waals surface area contributed by atoms with E-state index in [0.717, 1.165) is 28.3 Å². The standard InChI is InChI=1S/C31H26N3/c1-17-6-9-23-28-21(16-32)4-3-5-25(28)34-26-15-22(24-13-18-7-8-19(24)12-18)14-20-10-11-33(2)31(29(20)26)27(17)30(23)34/h3-6,9-11,14-15,18-19,24H,7-8,12-13H2,1-2H3/q+1. The lowest BCUT2D eigenvalue weighted by atomic mass is 9.82. The van der Waals surface area contributed by atoms with Crippen LogP contribution in [0.25, 0.3) is 49.0 Å². The first-order valence-electron chi connectivity index (χ1n) is 12.6. The van der Waals surface area contributed by atoms with E-state index in [-0.39, 0.29) is 0 Å². The molecule has 2 fully saturated rings. The van der Waals surface area contributed by atoms with E-state index in [2.05, 4.69) is 71.6 Å². The lowest BCUT2D eigenvalue weighted by Gasteiger charge is -2.23. The summed E-state index contributed by atoms with van der Waals surface area (Å²) in [6.07, 6.45) is 7.80. The van der Waals surface area contributed by atoms with Gasteiger partial charge in [-0.2, -0.15) is 5.26 Å². The van der Waals surface area contributed by atoms with Gasteiger partial charge in [0.2, 0.25) is 5.52 Å². The van der Waals surface area contributed by atoms with E-state index < -0.39 is 0 Å². The number of hydrogen-bond acceptors (Lipinski definition) is 1. The number of pyridine rings is 2. The zero-order valence-electron chi connectivity index (χ0n) is 19.6. The molecule has 3 nitrogen and oxygen atoms in total. The van der Waals surface area contributed by atoms with Crippen molar-refractivity contribution < 1.29 is 4.57 Å². The number of rotatable bonds is 1. The van der Waals surface area contributed by atoms with Gasteiger partial charge in [-0.05, 0) is 78.7 Å². The average molecular weight is 441 g/mol. The van der Waals surface area contributed by atoms with E-state index >= 15 is 0 Å². The molecule has 3 unspecified atom stereocenters. The van der Waals surface area contributed by atoms with Gasteiger partial charge >= 0.3 is 0 Å². The summed E-state index contributed by atoms with van der Waals surface area (Å²) in [5.74, 6) is 2.45. The molecule has 0 spiro atoms. The van der Waals surface area contributed by atoms with E-state index in [4.69, 9.17) is 0 Å². The predicted octanol–water partition coefficient (Wildman–Crippen LogP) is 6.90. The second-order valence-electron chi connectivity index (χ2n) is 10.9. The molecule has 3 aromatic heterocycles. The van der Waals surface area contributed by atoms with Gasteiger partial charge in [0, 0.05) is 16.8 Å². The minimum Gasteiger partial charge on any atom is -0.307 e. The van der Waals surface area contributed by atoms with Gasteiger partial charge in [0.05, 0.1) is 39.0 Å². The van der Waals surface area contributed by atoms with E-state index in [1.54, 1.807) is 0 Å². The van der Waals surface area contributed by atoms with Crippen LogP contribution >= 0.6 is 0 Å². The largest absolute Gasteiger partial charge is 0.307 e. The fourth-order valence-corrected chi connectivity index (χ4v) is 7.75. The fourth-order valence-electron chi connectivity index (χ4n) is 7.75. The highest BCUT2D eigenvalue weighted by molar-refractivity contribution is 6.26. The molecule has 3 heterocycles. The smallest absolute Gasteiger partial charge is 0.224 e. The molecule has 2 aliphatic rings. The number of nitrogens with zero attached hydrogens (tertiary/aromatic N) is 3. The highest BCUT2D eigenvalue weighted by Crippen LogP contribution is 2.53. The maximum absolute atomic E-state index is 9.97. The normalized spacial score (nSPS) is 22.2. The first kappa shape index (κ1) is 18.7. The van der Waals surface area contributed by atoms with Crippen molar-refractivity contribution in [3.8, 4) is 6.07 Å². The van der Waals surface area contributed by atoms with Gasteiger partial charge in [-0.1, -0.05) is 30.7 Å². The molecule has 3 atom stereocenters. The Morgan fingerprint density at radius 2 is 1.88 bits per heavy atom. The first-order chi connectivity index (χ1) is 16.6. The van der Waals surface area contributed by atoms with Gasteiger partial charge in [-0.25, -0.2) is 4.57 Å². The van der Waals surface area contributed by atoms with Crippen LogP contribution in [0.5, 0.6) is 0 Å². The number of aryl methyl sites for hydroxylation is 2. The van der Waals surface area contributed by atoms with E-state index in [1.807, 2.05) is 12.1 Å². The lowest BCUT2D eigenvalue weighted by molar-refractivity contribution is -0.643. The first-order valence-corrected chi connectivity index (χ1v) is 12.6. The molecule has 0 radical (unpaired) electrons. The fraction of sp³-hybridized carbons (Fsp3) is 0.290. The third kappa shape index (κ3) is 2.15. The van der Waals surface area contributed by atoms with Crippen LogP contribution in [-0.4, -0.2) is 4.40 Å². The minimum atomic E-state index is 0.683. The Balaban J connectivity index is 1.65. The van der Waals surface area contributed by atoms with Gasteiger partial charge in [-0.3, -0.25) is 0 Å². The summed E-state index contributed by atoms with van der Waals surface area (Å²) in [7, 11) is 2.17. The number of fused-ring (bicyclic) bond motifs is 7. The quantitative estimate of drug-likeness (QED) is 0.155. The molecule has 34 heavy (non-hydrogen) atoms. The molecular weight excluding hydrogens is 414 g/mol. The Hall–Kier alpha value is -3.64. The van der Waals surface area contributed by atoms with Crippen molar-refractivity contribution in [2.24, 2.45) is 18.9 Å². The number of benzene rings is 3. The second kappa shape index (κ2) is 6.27. The van der Waals surface area contributed by atoms with E-state index in [0.29, 0.717) is 5.92 Å². The molecule has 3 aromatic carbocycles. The van der Waals surface area contributed by atoms with Crippen LogP contribution in [0, 0.1) is 30.1 Å². The van der Waals surface area contributed by atoms with Crippen molar-refractivity contribution in [3.05, 3.63) is 71.4 Å². The molecule has 2 bridgehead atoms. The van der Waals surface area contributed by atoms with E-state index in [1.165, 1.54) is 74.9 Å². The third-order valence-corrected chi connectivity index (χ3v) is 9.16. The summed E-state index contributed by atoms with van der Waals surface area (Å²) in [4.78, 5) is 0. The summed E-state index contributed by atoms with van der Waals surface area (Å²) < 4.78 is 4.76. The van der Waals surface area contributed by atoms with Gasteiger partial charge in [0.25, 0.3) is 0 Å². The molecule has 2 aliphatic carbocycles. The molecule has 0 aliphatic heterocycles. The van der Waals surface area contributed by atoms with Crippen molar-refractivity contribution in [2.45, 2.75) is 38.5 Å². The molecule has 0 N–H and O–H groups in total. The average Bonchev–Trinajstić information content (AvgIpc) is 3.57. The zero-order chi connectivity index (χ0) is 22.7. The summed E-state index contributed by atoms with van der Waals surface area (Å²) in [6.45, 7) is 2.22. The summed E-state index contributed by atoms with van der Waals surface area (Å²) in [6, 6.07) is 20.4. The van der Waals surface area contributed by atoms with Crippen LogP contribution < -0.4 is 4.57 Å². The Morgan fingerprint density at radius 3 is 2.68 bits per heavy atom. The van der Waals surface area contributed by atoms with Crippen LogP contribution in [-0.2, 0) is 7.05 Å². The monoisotopic (exact) mass is 440 g/mol. The van der Waals surface area contributed by atoms with Crippen LogP contribution in [0.15, 0.2) is 54.7 Å². The highest BCUT2D eigenvalue weighted by Gasteiger charge is 2.40. The van der Waals surface area contributed by atoms with Gasteiger partial charge < -0.3 is 4.40 Å². The van der Waals surface area contributed by atoms with Gasteiger partial charge in [0.1, 0.15) is 7.05 Å². The number of nitriles is 1. The van der Waals surface area contributed by atoms with Crippen LogP contribution in [0.1, 0.15) is 48.3 Å². The summed E-state index contributed by atoms with van der Waals surface area (Å²) >= 11 is 0.